The van der Waals surface area contributed by atoms with Crippen LogP contribution in [0.15, 0.2) is 23.8 Å². The minimum Gasteiger partial charge on any atom is -0.389 e. The zero-order valence-corrected chi connectivity index (χ0v) is 8.84. The van der Waals surface area contributed by atoms with Crippen LogP contribution in [0.2, 0.25) is 0 Å². The van der Waals surface area contributed by atoms with Gasteiger partial charge < -0.3 is 15.3 Å². The molecular weight excluding hydrogens is 220 g/mol. The second-order valence-electron chi connectivity index (χ2n) is 3.88. The van der Waals surface area contributed by atoms with E-state index in [2.05, 4.69) is 23.7 Å². The van der Waals surface area contributed by atoms with Crippen LogP contribution in [0.5, 0.6) is 0 Å². The van der Waals surface area contributed by atoms with Gasteiger partial charge in [0, 0.05) is 12.0 Å². The molecule has 0 amide bonds. The van der Waals surface area contributed by atoms with E-state index >= 15 is 0 Å². The second-order valence-corrected chi connectivity index (χ2v) is 3.88. The Bertz CT molecular complexity index is 535. The maximum absolute atomic E-state index is 11.9. The summed E-state index contributed by atoms with van der Waals surface area (Å²) in [5.41, 5.74) is -2.06. The first kappa shape index (κ1) is 11.6. The molecule has 2 bridgehead atoms. The summed E-state index contributed by atoms with van der Waals surface area (Å²) in [7, 11) is 0. The molecule has 2 rings (SSSR count). The van der Waals surface area contributed by atoms with Gasteiger partial charge in [0.15, 0.2) is 5.60 Å². The highest BCUT2D eigenvalue weighted by molar-refractivity contribution is 6.06. The fraction of sp³-hybridized carbons (Fsp3) is 0.308. The van der Waals surface area contributed by atoms with Gasteiger partial charge in [0.25, 0.3) is 0 Å². The molecule has 2 aliphatic rings. The zero-order chi connectivity index (χ0) is 12.5. The third-order valence-electron chi connectivity index (χ3n) is 2.56. The minimum atomic E-state index is -1.95. The van der Waals surface area contributed by atoms with E-state index in [1.54, 1.807) is 0 Å². The normalized spacial score (nSPS) is 35.0. The van der Waals surface area contributed by atoms with Gasteiger partial charge in [-0.2, -0.15) is 0 Å². The average molecular weight is 230 g/mol. The summed E-state index contributed by atoms with van der Waals surface area (Å²) in [5.74, 6) is 9.11. The summed E-state index contributed by atoms with van der Waals surface area (Å²) in [6.45, 7) is 0. The maximum atomic E-state index is 11.9. The lowest BCUT2D eigenvalue weighted by molar-refractivity contribution is -0.132. The van der Waals surface area contributed by atoms with Crippen molar-refractivity contribution in [2.45, 2.75) is 24.2 Å². The lowest BCUT2D eigenvalue weighted by Crippen LogP contribution is -2.46. The van der Waals surface area contributed by atoms with Gasteiger partial charge in [-0.3, -0.25) is 4.79 Å². The molecule has 0 aliphatic heterocycles. The van der Waals surface area contributed by atoms with Gasteiger partial charge in [0.2, 0.25) is 5.78 Å². The van der Waals surface area contributed by atoms with E-state index in [4.69, 9.17) is 0 Å². The molecule has 0 saturated carbocycles. The number of carbonyl (C=O) groups excluding carboxylic acids is 1. The van der Waals surface area contributed by atoms with Gasteiger partial charge in [-0.1, -0.05) is 23.7 Å². The smallest absolute Gasteiger partial charge is 0.206 e. The molecule has 0 saturated heterocycles. The quantitative estimate of drug-likeness (QED) is 0.462. The Kier molecular flexibility index (Phi) is 2.87. The first-order chi connectivity index (χ1) is 8.03. The standard InChI is InChI=1S/C13H10O4/c14-9-7-10-11(15)5-3-1-2-4-6-13(17,8-9)12(10)16/h1-2,7,9,11,14-15,17H,8H2. The van der Waals surface area contributed by atoms with Crippen molar-refractivity contribution in [2.75, 3.05) is 0 Å². The van der Waals surface area contributed by atoms with Crippen LogP contribution in [0.3, 0.4) is 0 Å². The number of aliphatic hydroxyl groups excluding tert-OH is 2. The maximum Gasteiger partial charge on any atom is 0.206 e. The van der Waals surface area contributed by atoms with Gasteiger partial charge >= 0.3 is 0 Å². The molecule has 0 fully saturated rings. The Hall–Kier alpha value is -1.85. The Balaban J connectivity index is 2.57. The van der Waals surface area contributed by atoms with Crippen molar-refractivity contribution in [3.05, 3.63) is 23.8 Å². The highest BCUT2D eigenvalue weighted by Gasteiger charge is 2.43. The van der Waals surface area contributed by atoms with Crippen molar-refractivity contribution in [2.24, 2.45) is 0 Å². The molecule has 3 atom stereocenters. The van der Waals surface area contributed by atoms with Gasteiger partial charge in [-0.25, -0.2) is 0 Å². The van der Waals surface area contributed by atoms with E-state index in [0.29, 0.717) is 0 Å². The highest BCUT2D eigenvalue weighted by Crippen LogP contribution is 2.26. The largest absolute Gasteiger partial charge is 0.389 e. The Morgan fingerprint density at radius 2 is 2.00 bits per heavy atom. The predicted octanol–water partition coefficient (Wildman–Crippen LogP) is -1.08. The van der Waals surface area contributed by atoms with Crippen LogP contribution in [0.25, 0.3) is 0 Å². The molecule has 0 heterocycles. The highest BCUT2D eigenvalue weighted by atomic mass is 16.3. The van der Waals surface area contributed by atoms with Crippen molar-refractivity contribution in [1.29, 1.82) is 0 Å². The van der Waals surface area contributed by atoms with Gasteiger partial charge in [-0.15, -0.1) is 0 Å². The number of ketones is 1. The van der Waals surface area contributed by atoms with Crippen LogP contribution in [0.1, 0.15) is 6.42 Å². The molecule has 0 aromatic heterocycles. The number of hydrogen-bond acceptors (Lipinski definition) is 4. The first-order valence-corrected chi connectivity index (χ1v) is 5.07. The first-order valence-electron chi connectivity index (χ1n) is 5.07. The molecule has 86 valence electrons. The summed E-state index contributed by atoms with van der Waals surface area (Å²) < 4.78 is 0. The molecule has 0 spiro atoms. The molecule has 3 N–H and O–H groups in total. The van der Waals surface area contributed by atoms with E-state index in [1.165, 1.54) is 18.2 Å². The summed E-state index contributed by atoms with van der Waals surface area (Å²) in [6.07, 6.45) is 1.46. The number of fused-ring (bicyclic) bond motifs is 2. The predicted molar refractivity (Wildman–Crippen MR) is 59.4 cm³/mol. The Labute approximate surface area is 98.3 Å². The number of hydrogen-bond donors (Lipinski definition) is 3. The van der Waals surface area contributed by atoms with E-state index in [0.717, 1.165) is 0 Å². The number of rotatable bonds is 0. The molecule has 4 nitrogen and oxygen atoms in total. The number of Topliss-reactive ketones (excluding diaryl/α,β-unsaturated/α-hetero) is 1. The molecule has 0 aromatic carbocycles. The second kappa shape index (κ2) is 4.20. The summed E-state index contributed by atoms with van der Waals surface area (Å²) in [6, 6.07) is 0. The van der Waals surface area contributed by atoms with Crippen LogP contribution in [-0.2, 0) is 4.79 Å². The zero-order valence-electron chi connectivity index (χ0n) is 8.84. The third kappa shape index (κ3) is 2.15. The van der Waals surface area contributed by atoms with E-state index in [1.807, 2.05) is 0 Å². The molecular formula is C13H10O4. The van der Waals surface area contributed by atoms with Crippen LogP contribution < -0.4 is 0 Å². The SMILES string of the molecule is O=C1C2=CC(O)CC1(O)C#CC=CC#CC2O. The lowest BCUT2D eigenvalue weighted by atomic mass is 9.80. The van der Waals surface area contributed by atoms with Crippen LogP contribution >= 0.6 is 0 Å². The van der Waals surface area contributed by atoms with Gasteiger partial charge in [-0.05, 0) is 18.2 Å². The van der Waals surface area contributed by atoms with Crippen LogP contribution in [0, 0.1) is 23.7 Å². The van der Waals surface area contributed by atoms with Crippen molar-refractivity contribution in [3.8, 4) is 23.7 Å². The number of carbonyl (C=O) groups is 1. The Morgan fingerprint density at radius 1 is 1.29 bits per heavy atom. The monoisotopic (exact) mass is 230 g/mol. The van der Waals surface area contributed by atoms with E-state index in [9.17, 15) is 20.1 Å². The van der Waals surface area contributed by atoms with E-state index < -0.39 is 23.6 Å². The minimum absolute atomic E-state index is 0.108. The molecule has 0 radical (unpaired) electrons. The number of aliphatic hydroxyl groups is 3. The van der Waals surface area contributed by atoms with Crippen molar-refractivity contribution < 1.29 is 20.1 Å². The number of allylic oxidation sites excluding steroid dienone is 2. The molecule has 3 unspecified atom stereocenters. The lowest BCUT2D eigenvalue weighted by Gasteiger charge is -2.29. The summed E-state index contributed by atoms with van der Waals surface area (Å²) in [4.78, 5) is 11.9. The third-order valence-corrected chi connectivity index (χ3v) is 2.56. The molecule has 4 heteroatoms. The van der Waals surface area contributed by atoms with Crippen molar-refractivity contribution in [1.82, 2.24) is 0 Å². The Morgan fingerprint density at radius 3 is 2.76 bits per heavy atom. The fourth-order valence-electron chi connectivity index (χ4n) is 1.75. The van der Waals surface area contributed by atoms with Crippen molar-refractivity contribution in [3.63, 3.8) is 0 Å². The van der Waals surface area contributed by atoms with E-state index in [-0.39, 0.29) is 12.0 Å². The van der Waals surface area contributed by atoms with Crippen LogP contribution in [0.4, 0.5) is 0 Å². The fourth-order valence-corrected chi connectivity index (χ4v) is 1.75. The van der Waals surface area contributed by atoms with Crippen molar-refractivity contribution >= 4 is 5.78 Å². The van der Waals surface area contributed by atoms with Gasteiger partial charge in [0.1, 0.15) is 6.10 Å². The average Bonchev–Trinajstić information content (AvgIpc) is 2.26. The van der Waals surface area contributed by atoms with Gasteiger partial charge in [0.05, 0.1) is 6.10 Å². The molecule has 2 aliphatic carbocycles. The van der Waals surface area contributed by atoms with Crippen LogP contribution in [-0.4, -0.2) is 38.9 Å². The molecule has 0 aromatic rings. The summed E-state index contributed by atoms with van der Waals surface area (Å²) in [5, 5.41) is 29.3. The topological polar surface area (TPSA) is 77.8 Å². The molecule has 17 heavy (non-hydrogen) atoms. The summed E-state index contributed by atoms with van der Waals surface area (Å²) >= 11 is 0.